The lowest BCUT2D eigenvalue weighted by Gasteiger charge is -2.27. The van der Waals surface area contributed by atoms with E-state index in [1.807, 2.05) is 19.2 Å². The Morgan fingerprint density at radius 1 is 1.27 bits per heavy atom. The number of hydrogen-bond donors (Lipinski definition) is 1. The summed E-state index contributed by atoms with van der Waals surface area (Å²) in [7, 11) is 0. The van der Waals surface area contributed by atoms with Crippen LogP contribution in [0.4, 0.5) is 5.95 Å². The molecule has 3 aromatic rings. The monoisotopic (exact) mass is 294 g/mol. The van der Waals surface area contributed by atoms with E-state index in [9.17, 15) is 0 Å². The fraction of sp³-hybridized carbons (Fsp3) is 0.312. The molecule has 3 aromatic heterocycles. The van der Waals surface area contributed by atoms with Crippen molar-refractivity contribution in [2.24, 2.45) is 0 Å². The van der Waals surface area contributed by atoms with E-state index in [1.54, 1.807) is 0 Å². The zero-order valence-corrected chi connectivity index (χ0v) is 12.5. The third-order valence-electron chi connectivity index (χ3n) is 4.21. The van der Waals surface area contributed by atoms with Gasteiger partial charge in [-0.05, 0) is 19.1 Å². The minimum absolute atomic E-state index is 0.364. The third-order valence-corrected chi connectivity index (χ3v) is 4.21. The lowest BCUT2D eigenvalue weighted by Crippen LogP contribution is -2.31. The molecule has 0 atom stereocenters. The van der Waals surface area contributed by atoms with Crippen LogP contribution in [-0.2, 0) is 19.5 Å². The van der Waals surface area contributed by atoms with Gasteiger partial charge in [-0.15, -0.1) is 0 Å². The second-order valence-electron chi connectivity index (χ2n) is 5.72. The maximum Gasteiger partial charge on any atom is 0.220 e. The van der Waals surface area contributed by atoms with Gasteiger partial charge < -0.3 is 10.1 Å². The Morgan fingerprint density at radius 2 is 2.18 bits per heavy atom. The molecule has 0 unspecified atom stereocenters. The first kappa shape index (κ1) is 13.2. The molecular weight excluding hydrogens is 276 g/mol. The number of pyridine rings is 1. The molecule has 4 heterocycles. The number of fused-ring (bicyclic) bond motifs is 2. The summed E-state index contributed by atoms with van der Waals surface area (Å²) in [4.78, 5) is 15.5. The zero-order chi connectivity index (χ0) is 15.1. The van der Waals surface area contributed by atoms with Gasteiger partial charge >= 0.3 is 0 Å². The van der Waals surface area contributed by atoms with Gasteiger partial charge in [0.05, 0.1) is 16.9 Å². The molecule has 1 aliphatic rings. The third kappa shape index (κ3) is 2.21. The Bertz CT molecular complexity index is 838. The van der Waals surface area contributed by atoms with Crippen LogP contribution in [0, 0.1) is 6.92 Å². The molecule has 6 heteroatoms. The minimum atomic E-state index is 0.364. The summed E-state index contributed by atoms with van der Waals surface area (Å²) >= 11 is 0. The largest absolute Gasteiger partial charge is 0.368 e. The Kier molecular flexibility index (Phi) is 3.04. The molecule has 0 aromatic carbocycles. The molecule has 2 N–H and O–H groups in total. The average Bonchev–Trinajstić information content (AvgIpc) is 2.84. The molecule has 4 rings (SSSR count). The first-order chi connectivity index (χ1) is 10.7. The van der Waals surface area contributed by atoms with Crippen molar-refractivity contribution in [3.8, 4) is 0 Å². The van der Waals surface area contributed by atoms with Crippen molar-refractivity contribution in [3.63, 3.8) is 0 Å². The number of hydrogen-bond acceptors (Lipinski definition) is 5. The van der Waals surface area contributed by atoms with E-state index in [4.69, 9.17) is 10.7 Å². The van der Waals surface area contributed by atoms with Gasteiger partial charge in [0.15, 0.2) is 0 Å². The van der Waals surface area contributed by atoms with Crippen molar-refractivity contribution < 1.29 is 0 Å². The number of aromatic nitrogens is 4. The Balaban J connectivity index is 1.60. The van der Waals surface area contributed by atoms with Crippen molar-refractivity contribution in [2.45, 2.75) is 26.4 Å². The quantitative estimate of drug-likeness (QED) is 0.777. The van der Waals surface area contributed by atoms with E-state index in [2.05, 4.69) is 37.6 Å². The fourth-order valence-corrected chi connectivity index (χ4v) is 3.12. The Morgan fingerprint density at radius 3 is 3.09 bits per heavy atom. The van der Waals surface area contributed by atoms with Crippen molar-refractivity contribution in [3.05, 3.63) is 53.4 Å². The lowest BCUT2D eigenvalue weighted by atomic mass is 10.1. The number of anilines is 1. The maximum atomic E-state index is 5.66. The highest BCUT2D eigenvalue weighted by molar-refractivity contribution is 5.53. The van der Waals surface area contributed by atoms with Gasteiger partial charge in [-0.2, -0.15) is 0 Å². The number of aryl methyl sites for hydroxylation is 1. The molecule has 0 spiro atoms. The van der Waals surface area contributed by atoms with Crippen LogP contribution in [0.2, 0.25) is 0 Å². The van der Waals surface area contributed by atoms with Crippen molar-refractivity contribution in [1.82, 2.24) is 24.3 Å². The zero-order valence-electron chi connectivity index (χ0n) is 12.5. The molecular formula is C16H18N6. The minimum Gasteiger partial charge on any atom is -0.368 e. The van der Waals surface area contributed by atoms with Gasteiger partial charge in [-0.1, -0.05) is 6.07 Å². The van der Waals surface area contributed by atoms with Crippen LogP contribution in [0.15, 0.2) is 30.6 Å². The highest BCUT2D eigenvalue weighted by atomic mass is 15.2. The van der Waals surface area contributed by atoms with Crippen LogP contribution in [0.5, 0.6) is 0 Å². The predicted octanol–water partition coefficient (Wildman–Crippen LogP) is 1.57. The molecule has 1 aliphatic heterocycles. The van der Waals surface area contributed by atoms with E-state index in [0.29, 0.717) is 5.95 Å². The van der Waals surface area contributed by atoms with Crippen molar-refractivity contribution in [2.75, 3.05) is 12.3 Å². The maximum absolute atomic E-state index is 5.66. The number of nitrogens with zero attached hydrogens (tertiary/aromatic N) is 5. The normalized spacial score (nSPS) is 15.1. The average molecular weight is 294 g/mol. The summed E-state index contributed by atoms with van der Waals surface area (Å²) < 4.78 is 2.14. The molecule has 0 fully saturated rings. The summed E-state index contributed by atoms with van der Waals surface area (Å²) in [5.74, 6) is 1.39. The lowest BCUT2D eigenvalue weighted by molar-refractivity contribution is 0.241. The summed E-state index contributed by atoms with van der Waals surface area (Å²) in [6.07, 6.45) is 4.82. The van der Waals surface area contributed by atoms with Gasteiger partial charge in [0, 0.05) is 44.0 Å². The summed E-state index contributed by atoms with van der Waals surface area (Å²) in [6.45, 7) is 4.69. The van der Waals surface area contributed by atoms with E-state index in [1.165, 1.54) is 11.1 Å². The van der Waals surface area contributed by atoms with Crippen LogP contribution in [0.25, 0.3) is 5.52 Å². The van der Waals surface area contributed by atoms with Gasteiger partial charge in [0.2, 0.25) is 5.95 Å². The highest BCUT2D eigenvalue weighted by Gasteiger charge is 2.20. The molecule has 112 valence electrons. The summed E-state index contributed by atoms with van der Waals surface area (Å²) in [6, 6.07) is 6.21. The molecule has 0 aliphatic carbocycles. The summed E-state index contributed by atoms with van der Waals surface area (Å²) in [5, 5.41) is 0. The second kappa shape index (κ2) is 5.06. The first-order valence-electron chi connectivity index (χ1n) is 7.46. The van der Waals surface area contributed by atoms with Gasteiger partial charge in [0.1, 0.15) is 5.82 Å². The smallest absolute Gasteiger partial charge is 0.220 e. The molecule has 0 bridgehead atoms. The van der Waals surface area contributed by atoms with Crippen LogP contribution in [0.3, 0.4) is 0 Å². The number of nitrogen functional groups attached to an aromatic ring is 1. The van der Waals surface area contributed by atoms with E-state index < -0.39 is 0 Å². The topological polar surface area (TPSA) is 72.3 Å². The predicted molar refractivity (Wildman–Crippen MR) is 84.2 cm³/mol. The van der Waals surface area contributed by atoms with Crippen molar-refractivity contribution >= 4 is 11.5 Å². The van der Waals surface area contributed by atoms with Crippen molar-refractivity contribution in [1.29, 1.82) is 0 Å². The fourth-order valence-electron chi connectivity index (χ4n) is 3.12. The standard InChI is InChI=1S/C16H18N6/c1-11-19-14(15-4-2-3-6-22(11)15)10-21-7-5-13-12(9-21)8-18-16(17)20-13/h2-4,6,8H,5,7,9-10H2,1H3,(H2,17,18,20). The van der Waals surface area contributed by atoms with Gasteiger partial charge in [0.25, 0.3) is 0 Å². The SMILES string of the molecule is Cc1nc(CN2CCc3nc(N)ncc3C2)c2ccccn12. The first-order valence-corrected chi connectivity index (χ1v) is 7.46. The van der Waals surface area contributed by atoms with Crippen LogP contribution >= 0.6 is 0 Å². The molecule has 6 nitrogen and oxygen atoms in total. The number of imidazole rings is 1. The van der Waals surface area contributed by atoms with Gasteiger partial charge in [-0.3, -0.25) is 4.90 Å². The molecule has 0 radical (unpaired) electrons. The van der Waals surface area contributed by atoms with Crippen LogP contribution in [0.1, 0.15) is 22.8 Å². The highest BCUT2D eigenvalue weighted by Crippen LogP contribution is 2.21. The Hall–Kier alpha value is -2.47. The number of rotatable bonds is 2. The molecule has 0 amide bonds. The van der Waals surface area contributed by atoms with E-state index in [-0.39, 0.29) is 0 Å². The molecule has 22 heavy (non-hydrogen) atoms. The molecule has 0 saturated heterocycles. The van der Waals surface area contributed by atoms with E-state index in [0.717, 1.165) is 43.3 Å². The van der Waals surface area contributed by atoms with E-state index >= 15 is 0 Å². The van der Waals surface area contributed by atoms with Gasteiger partial charge in [-0.25, -0.2) is 15.0 Å². The van der Waals surface area contributed by atoms with Crippen LogP contribution < -0.4 is 5.73 Å². The number of nitrogens with two attached hydrogens (primary N) is 1. The Labute approximate surface area is 128 Å². The summed E-state index contributed by atoms with van der Waals surface area (Å²) in [5.41, 5.74) is 10.2. The molecule has 0 saturated carbocycles. The van der Waals surface area contributed by atoms with Crippen LogP contribution in [-0.4, -0.2) is 30.8 Å². The second-order valence-corrected chi connectivity index (χ2v) is 5.72.